The average Bonchev–Trinajstić information content (AvgIpc) is 3.39. The Morgan fingerprint density at radius 3 is 2.70 bits per heavy atom. The van der Waals surface area contributed by atoms with E-state index in [2.05, 4.69) is 27.0 Å². The lowest BCUT2D eigenvalue weighted by Crippen LogP contribution is -2.36. The molecule has 5 heteroatoms. The second-order valence-corrected chi connectivity index (χ2v) is 7.49. The molecular weight excluding hydrogens is 358 g/mol. The topological polar surface area (TPSA) is 46.9 Å². The maximum atomic E-state index is 12.8. The fraction of sp³-hybridized carbons (Fsp3) is 0.273. The van der Waals surface area contributed by atoms with Gasteiger partial charge in [-0.1, -0.05) is 54.1 Å². The number of amides is 1. The van der Waals surface area contributed by atoms with E-state index in [1.165, 1.54) is 5.56 Å². The van der Waals surface area contributed by atoms with Crippen LogP contribution in [0.5, 0.6) is 0 Å². The molecule has 0 radical (unpaired) electrons. The number of nitrogens with one attached hydrogen (secondary N) is 1. The van der Waals surface area contributed by atoms with Gasteiger partial charge in [0.05, 0.1) is 5.41 Å². The molecule has 1 amide bonds. The van der Waals surface area contributed by atoms with Gasteiger partial charge in [0.25, 0.3) is 0 Å². The monoisotopic (exact) mass is 379 g/mol. The number of benzene rings is 2. The van der Waals surface area contributed by atoms with Gasteiger partial charge in [-0.2, -0.15) is 0 Å². The quantitative estimate of drug-likeness (QED) is 0.675. The van der Waals surface area contributed by atoms with Crippen LogP contribution in [0.25, 0.3) is 0 Å². The maximum Gasteiger partial charge on any atom is 0.230 e. The van der Waals surface area contributed by atoms with Crippen molar-refractivity contribution in [1.29, 1.82) is 0 Å². The molecule has 1 fully saturated rings. The van der Waals surface area contributed by atoms with Crippen molar-refractivity contribution in [2.75, 3.05) is 6.54 Å². The van der Waals surface area contributed by atoms with Crippen LogP contribution < -0.4 is 5.32 Å². The van der Waals surface area contributed by atoms with E-state index in [0.29, 0.717) is 18.0 Å². The number of halogens is 1. The zero-order chi connectivity index (χ0) is 18.7. The van der Waals surface area contributed by atoms with Gasteiger partial charge in [0.2, 0.25) is 5.91 Å². The fourth-order valence-corrected chi connectivity index (χ4v) is 3.70. The van der Waals surface area contributed by atoms with Crippen molar-refractivity contribution in [2.45, 2.75) is 31.2 Å². The summed E-state index contributed by atoms with van der Waals surface area (Å²) in [5.41, 5.74) is 1.85. The second kappa shape index (κ2) is 7.57. The highest BCUT2D eigenvalue weighted by molar-refractivity contribution is 6.30. The van der Waals surface area contributed by atoms with Crippen molar-refractivity contribution >= 4 is 17.5 Å². The zero-order valence-corrected chi connectivity index (χ0v) is 15.8. The number of hydrogen-bond acceptors (Lipinski definition) is 2. The summed E-state index contributed by atoms with van der Waals surface area (Å²) in [5.74, 6) is 1.07. The molecule has 1 aromatic heterocycles. The Bertz CT molecular complexity index is 931. The third-order valence-corrected chi connectivity index (χ3v) is 5.43. The van der Waals surface area contributed by atoms with E-state index >= 15 is 0 Å². The van der Waals surface area contributed by atoms with Crippen LogP contribution in [0.4, 0.5) is 0 Å². The highest BCUT2D eigenvalue weighted by atomic mass is 35.5. The third kappa shape index (κ3) is 3.91. The summed E-state index contributed by atoms with van der Waals surface area (Å²) in [7, 11) is 0. The summed E-state index contributed by atoms with van der Waals surface area (Å²) in [6.07, 6.45) is 6.26. The van der Waals surface area contributed by atoms with Crippen molar-refractivity contribution in [1.82, 2.24) is 14.9 Å². The third-order valence-electron chi connectivity index (χ3n) is 5.19. The van der Waals surface area contributed by atoms with Crippen LogP contribution in [0, 0.1) is 0 Å². The smallest absolute Gasteiger partial charge is 0.230 e. The molecule has 0 bridgehead atoms. The van der Waals surface area contributed by atoms with Crippen molar-refractivity contribution in [3.05, 3.63) is 89.0 Å². The first kappa shape index (κ1) is 17.8. The normalized spacial score (nSPS) is 14.7. The molecule has 0 atom stereocenters. The molecule has 0 aliphatic heterocycles. The molecule has 27 heavy (non-hydrogen) atoms. The van der Waals surface area contributed by atoms with Gasteiger partial charge in [-0.15, -0.1) is 0 Å². The van der Waals surface area contributed by atoms with Crippen LogP contribution >= 0.6 is 11.6 Å². The Kier molecular flexibility index (Phi) is 4.99. The molecule has 4 rings (SSSR count). The summed E-state index contributed by atoms with van der Waals surface area (Å²) < 4.78 is 2.13. The SMILES string of the molecule is O=C(NCCc1nccn1Cc1ccccc1)C1(c2cccc(Cl)c2)CC1. The first-order chi connectivity index (χ1) is 13.2. The molecule has 4 nitrogen and oxygen atoms in total. The Balaban J connectivity index is 1.35. The zero-order valence-electron chi connectivity index (χ0n) is 15.1. The first-order valence-electron chi connectivity index (χ1n) is 9.26. The Morgan fingerprint density at radius 2 is 1.96 bits per heavy atom. The lowest BCUT2D eigenvalue weighted by molar-refractivity contribution is -0.123. The van der Waals surface area contributed by atoms with Crippen molar-refractivity contribution < 1.29 is 4.79 Å². The van der Waals surface area contributed by atoms with E-state index < -0.39 is 5.41 Å². The number of carbonyl (C=O) groups excluding carboxylic acids is 1. The number of carbonyl (C=O) groups is 1. The van der Waals surface area contributed by atoms with Gasteiger partial charge in [-0.3, -0.25) is 4.79 Å². The molecule has 138 valence electrons. The van der Waals surface area contributed by atoms with Gasteiger partial charge in [0, 0.05) is 36.9 Å². The molecule has 1 aliphatic carbocycles. The van der Waals surface area contributed by atoms with Crippen molar-refractivity contribution in [3.63, 3.8) is 0 Å². The second-order valence-electron chi connectivity index (χ2n) is 7.06. The Morgan fingerprint density at radius 1 is 1.15 bits per heavy atom. The van der Waals surface area contributed by atoms with Crippen LogP contribution in [0.15, 0.2) is 67.0 Å². The van der Waals surface area contributed by atoms with E-state index in [4.69, 9.17) is 11.6 Å². The van der Waals surface area contributed by atoms with Gasteiger partial charge >= 0.3 is 0 Å². The minimum Gasteiger partial charge on any atom is -0.355 e. The molecule has 0 spiro atoms. The molecule has 1 heterocycles. The van der Waals surface area contributed by atoms with E-state index in [1.54, 1.807) is 0 Å². The molecule has 2 aromatic carbocycles. The molecular formula is C22H22ClN3O. The van der Waals surface area contributed by atoms with Crippen LogP contribution in [-0.2, 0) is 23.2 Å². The van der Waals surface area contributed by atoms with Gasteiger partial charge in [0.15, 0.2) is 0 Å². The Labute approximate surface area is 164 Å². The first-order valence-corrected chi connectivity index (χ1v) is 9.63. The van der Waals surface area contributed by atoms with E-state index in [9.17, 15) is 4.79 Å². The molecule has 3 aromatic rings. The van der Waals surface area contributed by atoms with Crippen LogP contribution in [0.1, 0.15) is 29.8 Å². The summed E-state index contributed by atoms with van der Waals surface area (Å²) in [4.78, 5) is 17.2. The van der Waals surface area contributed by atoms with E-state index in [-0.39, 0.29) is 5.91 Å². The molecule has 1 aliphatic rings. The van der Waals surface area contributed by atoms with Crippen LogP contribution in [-0.4, -0.2) is 22.0 Å². The number of aromatic nitrogens is 2. The molecule has 1 N–H and O–H groups in total. The van der Waals surface area contributed by atoms with Gasteiger partial charge < -0.3 is 9.88 Å². The minimum atomic E-state index is -0.398. The van der Waals surface area contributed by atoms with Crippen molar-refractivity contribution in [2.24, 2.45) is 0 Å². The maximum absolute atomic E-state index is 12.8. The van der Waals surface area contributed by atoms with Crippen molar-refractivity contribution in [3.8, 4) is 0 Å². The lowest BCUT2D eigenvalue weighted by atomic mass is 9.95. The average molecular weight is 380 g/mol. The van der Waals surface area contributed by atoms with E-state index in [1.807, 2.05) is 54.9 Å². The highest BCUT2D eigenvalue weighted by Crippen LogP contribution is 2.48. The van der Waals surface area contributed by atoms with E-state index in [0.717, 1.165) is 30.8 Å². The summed E-state index contributed by atoms with van der Waals surface area (Å²) in [6, 6.07) is 17.9. The number of nitrogens with zero attached hydrogens (tertiary/aromatic N) is 2. The van der Waals surface area contributed by atoms with Crippen LogP contribution in [0.3, 0.4) is 0 Å². The Hall–Kier alpha value is -2.59. The minimum absolute atomic E-state index is 0.0888. The number of imidazole rings is 1. The molecule has 1 saturated carbocycles. The van der Waals surface area contributed by atoms with Gasteiger partial charge in [0.1, 0.15) is 5.82 Å². The molecule has 0 unspecified atom stereocenters. The predicted octanol–water partition coefficient (Wildman–Crippen LogP) is 3.98. The number of rotatable bonds is 7. The summed E-state index contributed by atoms with van der Waals surface area (Å²) in [6.45, 7) is 1.36. The van der Waals surface area contributed by atoms with Crippen LogP contribution in [0.2, 0.25) is 5.02 Å². The predicted molar refractivity (Wildman–Crippen MR) is 107 cm³/mol. The summed E-state index contributed by atoms with van der Waals surface area (Å²) >= 11 is 6.10. The standard InChI is InChI=1S/C22H22ClN3O/c23-19-8-4-7-18(15-19)22(10-11-22)21(27)25-12-9-20-24-13-14-26(20)16-17-5-2-1-3-6-17/h1-8,13-15H,9-12,16H2,(H,25,27). The van der Waals surface area contributed by atoms with Gasteiger partial charge in [-0.25, -0.2) is 4.98 Å². The van der Waals surface area contributed by atoms with Gasteiger partial charge in [-0.05, 0) is 36.1 Å². The fourth-order valence-electron chi connectivity index (χ4n) is 3.51. The molecule has 0 saturated heterocycles. The number of hydrogen-bond donors (Lipinski definition) is 1. The highest BCUT2D eigenvalue weighted by Gasteiger charge is 2.51. The largest absolute Gasteiger partial charge is 0.355 e. The lowest BCUT2D eigenvalue weighted by Gasteiger charge is -2.16. The summed E-state index contributed by atoms with van der Waals surface area (Å²) in [5, 5.41) is 3.77.